The van der Waals surface area contributed by atoms with Gasteiger partial charge in [-0.05, 0) is 57.2 Å². The van der Waals surface area contributed by atoms with Crippen molar-refractivity contribution in [3.05, 3.63) is 64.5 Å². The van der Waals surface area contributed by atoms with Crippen molar-refractivity contribution in [3.8, 4) is 5.75 Å². The smallest absolute Gasteiger partial charge is 0.323 e. The number of carbonyl (C=O) groups is 3. The van der Waals surface area contributed by atoms with Gasteiger partial charge in [0.2, 0.25) is 0 Å². The molecule has 3 N–H and O–H groups in total. The van der Waals surface area contributed by atoms with Crippen LogP contribution in [0.4, 0.5) is 26.7 Å². The van der Waals surface area contributed by atoms with Crippen LogP contribution in [0, 0.1) is 19.8 Å². The first kappa shape index (κ1) is 31.6. The van der Waals surface area contributed by atoms with Gasteiger partial charge in [0.15, 0.2) is 5.76 Å². The Bertz CT molecular complexity index is 1460. The van der Waals surface area contributed by atoms with Gasteiger partial charge in [-0.1, -0.05) is 29.7 Å². The molecule has 2 heterocycles. The van der Waals surface area contributed by atoms with Crippen molar-refractivity contribution in [3.63, 3.8) is 0 Å². The molecule has 0 fully saturated rings. The first-order chi connectivity index (χ1) is 20.5. The zero-order valence-corrected chi connectivity index (χ0v) is 25.8. The second-order valence-electron chi connectivity index (χ2n) is 10.7. The fourth-order valence-electron chi connectivity index (χ4n) is 4.84. The number of nitrogens with one attached hydrogen (secondary N) is 3. The Balaban J connectivity index is 1.59. The lowest BCUT2D eigenvalue weighted by Crippen LogP contribution is -2.50. The largest absolute Gasteiger partial charge is 0.491 e. The average Bonchev–Trinajstić information content (AvgIpc) is 3.28. The molecule has 0 saturated heterocycles. The number of hydrogen-bond acceptors (Lipinski definition) is 7. The van der Waals surface area contributed by atoms with Crippen molar-refractivity contribution in [2.45, 2.75) is 39.8 Å². The topological polar surface area (TPSA) is 138 Å². The molecule has 1 aliphatic rings. The monoisotopic (exact) mass is 612 g/mol. The van der Waals surface area contributed by atoms with E-state index in [4.69, 9.17) is 25.6 Å². The molecule has 3 atom stereocenters. The van der Waals surface area contributed by atoms with Crippen molar-refractivity contribution in [1.82, 2.24) is 15.0 Å². The van der Waals surface area contributed by atoms with E-state index >= 15 is 0 Å². The number of aryl methyl sites for hydroxylation is 2. The SMILES string of the molecule is CO[C@@H]1CN(C)C(=O)c2cc(NC(=O)Nc3cccc(Cl)c3)ccc2OC[C@@H](C)N(C(=O)Nc2c(C)noc2C)C[C@@H]1C. The van der Waals surface area contributed by atoms with Crippen LogP contribution in [-0.4, -0.2) is 78.9 Å². The Morgan fingerprint density at radius 2 is 1.77 bits per heavy atom. The van der Waals surface area contributed by atoms with E-state index in [0.29, 0.717) is 45.8 Å². The quantitative estimate of drug-likeness (QED) is 0.347. The Labute approximate surface area is 255 Å². The van der Waals surface area contributed by atoms with Crippen LogP contribution in [0.25, 0.3) is 0 Å². The number of likely N-dealkylation sites (N-methyl/N-ethyl adjacent to an activating group) is 1. The third-order valence-electron chi connectivity index (χ3n) is 7.31. The molecule has 0 aliphatic carbocycles. The first-order valence-corrected chi connectivity index (χ1v) is 14.2. The van der Waals surface area contributed by atoms with Gasteiger partial charge in [0, 0.05) is 49.6 Å². The van der Waals surface area contributed by atoms with E-state index in [1.54, 1.807) is 80.3 Å². The number of hydrogen-bond donors (Lipinski definition) is 3. The minimum atomic E-state index is -0.501. The van der Waals surface area contributed by atoms with Gasteiger partial charge in [-0.2, -0.15) is 0 Å². The van der Waals surface area contributed by atoms with E-state index in [1.807, 2.05) is 13.8 Å². The Morgan fingerprint density at radius 1 is 1.05 bits per heavy atom. The van der Waals surface area contributed by atoms with Crippen molar-refractivity contribution in [2.75, 3.05) is 49.8 Å². The molecule has 0 bridgehead atoms. The number of benzene rings is 2. The third-order valence-corrected chi connectivity index (χ3v) is 7.55. The summed E-state index contributed by atoms with van der Waals surface area (Å²) in [6.45, 7) is 8.04. The first-order valence-electron chi connectivity index (χ1n) is 13.9. The summed E-state index contributed by atoms with van der Waals surface area (Å²) < 4.78 is 17.1. The lowest BCUT2D eigenvalue weighted by Gasteiger charge is -2.36. The number of amides is 5. The summed E-state index contributed by atoms with van der Waals surface area (Å²) in [6, 6.07) is 10.4. The second kappa shape index (κ2) is 13.8. The fraction of sp³-hybridized carbons (Fsp3) is 0.400. The van der Waals surface area contributed by atoms with Gasteiger partial charge in [0.1, 0.15) is 23.7 Å². The molecule has 4 rings (SSSR count). The number of methoxy groups -OCH3 is 1. The number of nitrogens with zero attached hydrogens (tertiary/aromatic N) is 3. The maximum Gasteiger partial charge on any atom is 0.323 e. The van der Waals surface area contributed by atoms with E-state index < -0.39 is 6.03 Å². The summed E-state index contributed by atoms with van der Waals surface area (Å²) in [7, 11) is 3.26. The van der Waals surface area contributed by atoms with Gasteiger partial charge in [-0.25, -0.2) is 9.59 Å². The molecule has 12 nitrogen and oxygen atoms in total. The number of halogens is 1. The molecule has 0 saturated carbocycles. The molecule has 0 unspecified atom stereocenters. The van der Waals surface area contributed by atoms with Crippen LogP contribution < -0.4 is 20.7 Å². The van der Waals surface area contributed by atoms with Gasteiger partial charge in [-0.3, -0.25) is 4.79 Å². The molecule has 0 spiro atoms. The summed E-state index contributed by atoms with van der Waals surface area (Å²) in [5, 5.41) is 12.8. The summed E-state index contributed by atoms with van der Waals surface area (Å²) in [6.07, 6.45) is -0.371. The summed E-state index contributed by atoms with van der Waals surface area (Å²) in [5.41, 5.74) is 2.26. The predicted molar refractivity (Wildman–Crippen MR) is 164 cm³/mol. The van der Waals surface area contributed by atoms with Crippen molar-refractivity contribution in [1.29, 1.82) is 0 Å². The lowest BCUT2D eigenvalue weighted by molar-refractivity contribution is 0.0174. The molecule has 1 aliphatic heterocycles. The van der Waals surface area contributed by atoms with E-state index in [9.17, 15) is 14.4 Å². The van der Waals surface area contributed by atoms with Crippen LogP contribution >= 0.6 is 11.6 Å². The van der Waals surface area contributed by atoms with E-state index in [0.717, 1.165) is 0 Å². The van der Waals surface area contributed by atoms with Crippen LogP contribution in [-0.2, 0) is 4.74 Å². The highest BCUT2D eigenvalue weighted by molar-refractivity contribution is 6.30. The van der Waals surface area contributed by atoms with Crippen LogP contribution in [0.5, 0.6) is 5.75 Å². The highest BCUT2D eigenvalue weighted by Gasteiger charge is 2.31. The number of fused-ring (bicyclic) bond motifs is 1. The molecule has 5 amide bonds. The van der Waals surface area contributed by atoms with Crippen LogP contribution in [0.3, 0.4) is 0 Å². The maximum atomic E-state index is 13.6. The van der Waals surface area contributed by atoms with Crippen molar-refractivity contribution >= 4 is 46.6 Å². The summed E-state index contributed by atoms with van der Waals surface area (Å²) >= 11 is 6.02. The number of rotatable bonds is 4. The highest BCUT2D eigenvalue weighted by Crippen LogP contribution is 2.27. The molecule has 43 heavy (non-hydrogen) atoms. The van der Waals surface area contributed by atoms with Gasteiger partial charge in [0.05, 0.1) is 17.7 Å². The Hall–Kier alpha value is -4.29. The second-order valence-corrected chi connectivity index (χ2v) is 11.1. The summed E-state index contributed by atoms with van der Waals surface area (Å²) in [4.78, 5) is 43.1. The van der Waals surface area contributed by atoms with Crippen molar-refractivity contribution < 1.29 is 28.4 Å². The number of anilines is 3. The average molecular weight is 613 g/mol. The van der Waals surface area contributed by atoms with Gasteiger partial charge >= 0.3 is 12.1 Å². The van der Waals surface area contributed by atoms with Crippen LogP contribution in [0.2, 0.25) is 5.02 Å². The van der Waals surface area contributed by atoms with Gasteiger partial charge in [0.25, 0.3) is 5.91 Å². The molecular weight excluding hydrogens is 576 g/mol. The van der Waals surface area contributed by atoms with E-state index in [-0.39, 0.29) is 48.7 Å². The van der Waals surface area contributed by atoms with Gasteiger partial charge < -0.3 is 39.7 Å². The standard InChI is InChI=1S/C30H37ClN6O6/c1-17-14-37(30(40)34-27-19(3)35-43-20(27)4)18(2)16-42-25-11-10-23(13-24(25)28(38)36(5)15-26(17)41-6)33-29(39)32-22-9-7-8-21(31)12-22/h7-13,17-18,26H,14-16H2,1-6H3,(H,34,40)(H2,32,33,39)/t17-,18+,26+/m0/s1. The highest BCUT2D eigenvalue weighted by atomic mass is 35.5. The van der Waals surface area contributed by atoms with E-state index in [2.05, 4.69) is 21.1 Å². The minimum Gasteiger partial charge on any atom is -0.491 e. The maximum absolute atomic E-state index is 13.6. The zero-order valence-electron chi connectivity index (χ0n) is 25.1. The van der Waals surface area contributed by atoms with Crippen molar-refractivity contribution in [2.24, 2.45) is 5.92 Å². The third kappa shape index (κ3) is 7.76. The molecule has 230 valence electrons. The summed E-state index contributed by atoms with van der Waals surface area (Å²) in [5.74, 6) is 0.384. The molecular formula is C30H37ClN6O6. The minimum absolute atomic E-state index is 0.103. The zero-order chi connectivity index (χ0) is 31.3. The molecule has 0 radical (unpaired) electrons. The lowest BCUT2D eigenvalue weighted by atomic mass is 10.0. The van der Waals surface area contributed by atoms with Gasteiger partial charge in [-0.15, -0.1) is 0 Å². The van der Waals surface area contributed by atoms with Crippen LogP contribution in [0.15, 0.2) is 47.0 Å². The number of carbonyl (C=O) groups excluding carboxylic acids is 3. The number of aromatic nitrogens is 1. The predicted octanol–water partition coefficient (Wildman–Crippen LogP) is 5.63. The molecule has 13 heteroatoms. The number of urea groups is 2. The van der Waals surface area contributed by atoms with Crippen LogP contribution in [0.1, 0.15) is 35.7 Å². The molecule has 3 aromatic rings. The normalized spacial score (nSPS) is 19.4. The Kier molecular flexibility index (Phi) is 10.1. The Morgan fingerprint density at radius 3 is 2.42 bits per heavy atom. The molecule has 1 aromatic heterocycles. The number of ether oxygens (including phenoxy) is 2. The fourth-order valence-corrected chi connectivity index (χ4v) is 5.03. The molecule has 2 aromatic carbocycles. The van der Waals surface area contributed by atoms with E-state index in [1.165, 1.54) is 0 Å².